The van der Waals surface area contributed by atoms with E-state index in [2.05, 4.69) is 26.2 Å². The molecule has 0 aromatic carbocycles. The molecule has 1 N–H and O–H groups in total. The minimum absolute atomic E-state index is 0.0302. The Hall–Kier alpha value is -1.15. The number of ether oxygens (including phenoxy) is 1. The fourth-order valence-corrected chi connectivity index (χ4v) is 2.33. The van der Waals surface area contributed by atoms with Crippen LogP contribution in [0.2, 0.25) is 0 Å². The zero-order valence-electron chi connectivity index (χ0n) is 10.3. The Balaban J connectivity index is 2.14. The molecule has 0 unspecified atom stereocenters. The molecule has 2 rings (SSSR count). The number of hydrogen-bond donors (Lipinski definition) is 1. The number of halogens is 4. The summed E-state index contributed by atoms with van der Waals surface area (Å²) in [6.07, 6.45) is -2.97. The molecule has 1 amide bonds. The first-order valence-electron chi connectivity index (χ1n) is 5.99. The van der Waals surface area contributed by atoms with Crippen molar-refractivity contribution in [2.45, 2.75) is 25.1 Å². The summed E-state index contributed by atoms with van der Waals surface area (Å²) in [6.45, 7) is 1.01. The molecule has 0 bridgehead atoms. The Morgan fingerprint density at radius 1 is 1.45 bits per heavy atom. The summed E-state index contributed by atoms with van der Waals surface area (Å²) in [7, 11) is 0. The van der Waals surface area contributed by atoms with E-state index in [0.717, 1.165) is 25.0 Å². The third-order valence-electron chi connectivity index (χ3n) is 2.85. The highest BCUT2D eigenvalue weighted by molar-refractivity contribution is 9.10. The lowest BCUT2D eigenvalue weighted by Crippen LogP contribution is -2.41. The van der Waals surface area contributed by atoms with Gasteiger partial charge in [-0.25, -0.2) is 4.98 Å². The highest BCUT2D eigenvalue weighted by atomic mass is 79.9. The number of amides is 1. The minimum Gasteiger partial charge on any atom is -0.379 e. The quantitative estimate of drug-likeness (QED) is 0.832. The summed E-state index contributed by atoms with van der Waals surface area (Å²) >= 11 is 2.88. The summed E-state index contributed by atoms with van der Waals surface area (Å²) in [4.78, 5) is 15.7. The molecule has 0 spiro atoms. The highest BCUT2D eigenvalue weighted by Crippen LogP contribution is 2.31. The summed E-state index contributed by atoms with van der Waals surface area (Å²) in [5.74, 6) is -0.632. The monoisotopic (exact) mass is 352 g/mol. The van der Waals surface area contributed by atoms with Crippen LogP contribution in [0.4, 0.5) is 13.2 Å². The second-order valence-corrected chi connectivity index (χ2v) is 5.26. The molecule has 1 aromatic rings. The molecule has 1 aliphatic heterocycles. The van der Waals surface area contributed by atoms with Crippen LogP contribution < -0.4 is 5.32 Å². The number of nitrogens with one attached hydrogen (secondary N) is 1. The van der Waals surface area contributed by atoms with Crippen LogP contribution in [0.1, 0.15) is 28.9 Å². The number of carbonyl (C=O) groups excluding carboxylic acids is 1. The van der Waals surface area contributed by atoms with Crippen molar-refractivity contribution in [1.29, 1.82) is 0 Å². The predicted molar refractivity (Wildman–Crippen MR) is 68.2 cm³/mol. The molecule has 1 saturated heterocycles. The molecule has 0 saturated carbocycles. The molecule has 0 radical (unpaired) electrons. The molecule has 0 aliphatic carbocycles. The van der Waals surface area contributed by atoms with Gasteiger partial charge in [-0.2, -0.15) is 13.2 Å². The maximum absolute atomic E-state index is 12.7. The van der Waals surface area contributed by atoms with E-state index < -0.39 is 17.6 Å². The lowest BCUT2D eigenvalue weighted by atomic mass is 10.1. The van der Waals surface area contributed by atoms with Gasteiger partial charge >= 0.3 is 6.18 Å². The molecule has 2 heterocycles. The highest BCUT2D eigenvalue weighted by Gasteiger charge is 2.32. The Morgan fingerprint density at radius 3 is 2.80 bits per heavy atom. The van der Waals surface area contributed by atoms with Gasteiger partial charge in [0.25, 0.3) is 5.91 Å². The van der Waals surface area contributed by atoms with E-state index in [1.165, 1.54) is 0 Å². The van der Waals surface area contributed by atoms with Crippen LogP contribution in [0.15, 0.2) is 16.7 Å². The average molecular weight is 353 g/mol. The molecule has 1 fully saturated rings. The topological polar surface area (TPSA) is 51.2 Å². The molecule has 20 heavy (non-hydrogen) atoms. The summed E-state index contributed by atoms with van der Waals surface area (Å²) in [6, 6.07) is 1.39. The van der Waals surface area contributed by atoms with Crippen molar-refractivity contribution in [2.75, 3.05) is 13.2 Å². The van der Waals surface area contributed by atoms with Crippen molar-refractivity contribution >= 4 is 21.8 Å². The number of nitrogens with zero attached hydrogens (tertiary/aromatic N) is 1. The number of rotatable bonds is 2. The first-order chi connectivity index (χ1) is 9.36. The number of aromatic nitrogens is 1. The van der Waals surface area contributed by atoms with E-state index in [-0.39, 0.29) is 16.3 Å². The average Bonchev–Trinajstić information content (AvgIpc) is 2.38. The molecule has 110 valence electrons. The van der Waals surface area contributed by atoms with Crippen molar-refractivity contribution in [3.05, 3.63) is 28.0 Å². The SMILES string of the molecule is O=C(N[C@@H]1CCCOC1)c1cc(C(F)(F)F)cc(Br)n1. The van der Waals surface area contributed by atoms with E-state index in [0.29, 0.717) is 13.2 Å². The fraction of sp³-hybridized carbons (Fsp3) is 0.500. The van der Waals surface area contributed by atoms with Gasteiger partial charge in [0.05, 0.1) is 18.2 Å². The van der Waals surface area contributed by atoms with Gasteiger partial charge in [-0.15, -0.1) is 0 Å². The zero-order chi connectivity index (χ0) is 14.8. The number of pyridine rings is 1. The van der Waals surface area contributed by atoms with Gasteiger partial charge in [0, 0.05) is 6.61 Å². The summed E-state index contributed by atoms with van der Waals surface area (Å²) < 4.78 is 43.2. The Kier molecular flexibility index (Phi) is 4.64. The van der Waals surface area contributed by atoms with Crippen molar-refractivity contribution in [2.24, 2.45) is 0 Å². The van der Waals surface area contributed by atoms with Crippen LogP contribution in [0.25, 0.3) is 0 Å². The van der Waals surface area contributed by atoms with Crippen LogP contribution in [0, 0.1) is 0 Å². The minimum atomic E-state index is -4.52. The van der Waals surface area contributed by atoms with Crippen LogP contribution in [0.5, 0.6) is 0 Å². The standard InChI is InChI=1S/C12H12BrF3N2O2/c13-10-5-7(12(14,15)16)4-9(18-10)11(19)17-8-2-1-3-20-6-8/h4-5,8H,1-3,6H2,(H,17,19)/t8-/m1/s1. The Morgan fingerprint density at radius 2 is 2.20 bits per heavy atom. The molecule has 4 nitrogen and oxygen atoms in total. The van der Waals surface area contributed by atoms with Gasteiger partial charge in [-0.3, -0.25) is 4.79 Å². The first kappa shape index (κ1) is 15.2. The van der Waals surface area contributed by atoms with Gasteiger partial charge in [0.1, 0.15) is 10.3 Å². The lowest BCUT2D eigenvalue weighted by Gasteiger charge is -2.23. The van der Waals surface area contributed by atoms with E-state index >= 15 is 0 Å². The van der Waals surface area contributed by atoms with Crippen LogP contribution in [0.3, 0.4) is 0 Å². The maximum atomic E-state index is 12.7. The van der Waals surface area contributed by atoms with Crippen molar-refractivity contribution < 1.29 is 22.7 Å². The van der Waals surface area contributed by atoms with E-state index in [1.54, 1.807) is 0 Å². The van der Waals surface area contributed by atoms with Crippen LogP contribution in [-0.4, -0.2) is 30.1 Å². The molecular weight excluding hydrogens is 341 g/mol. The van der Waals surface area contributed by atoms with Gasteiger partial charge in [-0.1, -0.05) is 0 Å². The zero-order valence-corrected chi connectivity index (χ0v) is 11.9. The van der Waals surface area contributed by atoms with Gasteiger partial charge in [0.2, 0.25) is 0 Å². The molecule has 1 atom stereocenters. The van der Waals surface area contributed by atoms with E-state index in [1.807, 2.05) is 0 Å². The van der Waals surface area contributed by atoms with Gasteiger partial charge < -0.3 is 10.1 Å². The smallest absolute Gasteiger partial charge is 0.379 e. The van der Waals surface area contributed by atoms with E-state index in [9.17, 15) is 18.0 Å². The van der Waals surface area contributed by atoms with Crippen molar-refractivity contribution in [1.82, 2.24) is 10.3 Å². The van der Waals surface area contributed by atoms with Crippen LogP contribution >= 0.6 is 15.9 Å². The Labute approximate surface area is 121 Å². The van der Waals surface area contributed by atoms with Gasteiger partial charge in [-0.05, 0) is 40.9 Å². The largest absolute Gasteiger partial charge is 0.416 e. The predicted octanol–water partition coefficient (Wildman–Crippen LogP) is 2.77. The van der Waals surface area contributed by atoms with Crippen molar-refractivity contribution in [3.63, 3.8) is 0 Å². The fourth-order valence-electron chi connectivity index (χ4n) is 1.89. The van der Waals surface area contributed by atoms with E-state index in [4.69, 9.17) is 4.74 Å². The summed E-state index contributed by atoms with van der Waals surface area (Å²) in [5.41, 5.74) is -1.18. The third-order valence-corrected chi connectivity index (χ3v) is 3.26. The van der Waals surface area contributed by atoms with Gasteiger partial charge in [0.15, 0.2) is 0 Å². The maximum Gasteiger partial charge on any atom is 0.416 e. The Bertz CT molecular complexity index is 502. The van der Waals surface area contributed by atoms with Crippen molar-refractivity contribution in [3.8, 4) is 0 Å². The normalized spacial score (nSPS) is 19.7. The summed E-state index contributed by atoms with van der Waals surface area (Å²) in [5, 5.41) is 2.63. The molecule has 1 aliphatic rings. The number of carbonyl (C=O) groups is 1. The number of alkyl halides is 3. The molecule has 8 heteroatoms. The second-order valence-electron chi connectivity index (χ2n) is 4.45. The van der Waals surface area contributed by atoms with Crippen LogP contribution in [-0.2, 0) is 10.9 Å². The lowest BCUT2D eigenvalue weighted by molar-refractivity contribution is -0.137. The first-order valence-corrected chi connectivity index (χ1v) is 6.79. The number of hydrogen-bond acceptors (Lipinski definition) is 3. The second kappa shape index (κ2) is 6.09. The molecular formula is C12H12BrF3N2O2. The third kappa shape index (κ3) is 3.92. The molecule has 1 aromatic heterocycles.